The van der Waals surface area contributed by atoms with Gasteiger partial charge in [-0.3, -0.25) is 0 Å². The lowest BCUT2D eigenvalue weighted by Gasteiger charge is -2.24. The molecule has 1 aromatic carbocycles. The zero-order valence-corrected chi connectivity index (χ0v) is 8.73. The number of hydrogen-bond donors (Lipinski definition) is 1. The molecule has 2 rings (SSSR count). The number of nitrogens with two attached hydrogens (primary N) is 1. The van der Waals surface area contributed by atoms with Crippen LogP contribution in [0.3, 0.4) is 0 Å². The first kappa shape index (κ1) is 9.80. The maximum Gasteiger partial charge on any atom is 0.128 e. The monoisotopic (exact) mass is 213 g/mol. The van der Waals surface area contributed by atoms with E-state index in [0.717, 1.165) is 22.8 Å². The topological polar surface area (TPSA) is 35.2 Å². The van der Waals surface area contributed by atoms with E-state index in [2.05, 4.69) is 0 Å². The van der Waals surface area contributed by atoms with E-state index in [1.807, 2.05) is 0 Å². The number of methoxy groups -OCH3 is 1. The van der Waals surface area contributed by atoms with E-state index < -0.39 is 0 Å². The van der Waals surface area contributed by atoms with E-state index in [-0.39, 0.29) is 11.9 Å². The predicted molar refractivity (Wildman–Crippen MR) is 56.0 cm³/mol. The highest BCUT2D eigenvalue weighted by molar-refractivity contribution is 7.98. The molecule has 0 amide bonds. The van der Waals surface area contributed by atoms with Crippen LogP contribution in [0, 0.1) is 5.82 Å². The van der Waals surface area contributed by atoms with Gasteiger partial charge in [0.1, 0.15) is 11.6 Å². The Labute approximate surface area is 86.6 Å². The number of halogens is 1. The van der Waals surface area contributed by atoms with Crippen LogP contribution in [0.25, 0.3) is 0 Å². The summed E-state index contributed by atoms with van der Waals surface area (Å²) in [4.78, 5) is 0. The van der Waals surface area contributed by atoms with Gasteiger partial charge >= 0.3 is 0 Å². The molecule has 0 saturated heterocycles. The Morgan fingerprint density at radius 1 is 1.57 bits per heavy atom. The first-order valence-corrected chi connectivity index (χ1v) is 5.58. The highest BCUT2D eigenvalue weighted by Crippen LogP contribution is 2.37. The molecular weight excluding hydrogens is 201 g/mol. The Morgan fingerprint density at radius 2 is 2.36 bits per heavy atom. The normalized spacial score (nSPS) is 20.4. The van der Waals surface area contributed by atoms with Crippen LogP contribution >= 0.6 is 11.8 Å². The molecule has 1 heterocycles. The van der Waals surface area contributed by atoms with Crippen LogP contribution in [0.4, 0.5) is 4.39 Å². The number of thioether (sulfide) groups is 1. The zero-order chi connectivity index (χ0) is 10.1. The van der Waals surface area contributed by atoms with Crippen molar-refractivity contribution in [2.75, 3.05) is 12.9 Å². The third-order valence-electron chi connectivity index (χ3n) is 2.40. The molecule has 1 aliphatic heterocycles. The maximum absolute atomic E-state index is 13.5. The van der Waals surface area contributed by atoms with Gasteiger partial charge in [0.15, 0.2) is 0 Å². The lowest BCUT2D eigenvalue weighted by molar-refractivity contribution is 0.408. The summed E-state index contributed by atoms with van der Waals surface area (Å²) in [6, 6.07) is 2.87. The van der Waals surface area contributed by atoms with Gasteiger partial charge in [0, 0.05) is 28.7 Å². The summed E-state index contributed by atoms with van der Waals surface area (Å²) >= 11 is 1.71. The van der Waals surface area contributed by atoms with Gasteiger partial charge in [-0.05, 0) is 12.1 Å². The third-order valence-corrected chi connectivity index (χ3v) is 3.48. The van der Waals surface area contributed by atoms with Crippen LogP contribution in [-0.2, 0) is 5.75 Å². The van der Waals surface area contributed by atoms with Crippen molar-refractivity contribution in [3.8, 4) is 5.75 Å². The van der Waals surface area contributed by atoms with Gasteiger partial charge < -0.3 is 10.5 Å². The second-order valence-corrected chi connectivity index (χ2v) is 4.29. The summed E-state index contributed by atoms with van der Waals surface area (Å²) < 4.78 is 18.7. The van der Waals surface area contributed by atoms with E-state index in [0.29, 0.717) is 5.56 Å². The molecule has 2 nitrogen and oxygen atoms in total. The molecule has 4 heteroatoms. The van der Waals surface area contributed by atoms with Gasteiger partial charge in [0.05, 0.1) is 7.11 Å². The Hall–Kier alpha value is -0.740. The molecule has 0 aliphatic carbocycles. The molecule has 2 N–H and O–H groups in total. The molecule has 1 aromatic rings. The van der Waals surface area contributed by atoms with Gasteiger partial charge in [-0.2, -0.15) is 11.8 Å². The number of fused-ring (bicyclic) bond motifs is 1. The van der Waals surface area contributed by atoms with Crippen LogP contribution in [0.1, 0.15) is 17.2 Å². The van der Waals surface area contributed by atoms with Crippen molar-refractivity contribution in [1.82, 2.24) is 0 Å². The Bertz CT molecular complexity index is 356. The molecule has 14 heavy (non-hydrogen) atoms. The Kier molecular flexibility index (Phi) is 2.65. The van der Waals surface area contributed by atoms with Crippen molar-refractivity contribution < 1.29 is 9.13 Å². The molecule has 0 bridgehead atoms. The van der Waals surface area contributed by atoms with E-state index in [1.165, 1.54) is 6.07 Å². The average molecular weight is 213 g/mol. The molecule has 76 valence electrons. The van der Waals surface area contributed by atoms with Crippen molar-refractivity contribution in [2.45, 2.75) is 11.8 Å². The standard InChI is InChI=1S/C10H12FNOS/c1-13-9-3-2-7(11)10-6(9)4-14-5-8(10)12/h2-3,8H,4-5,12H2,1H3/t8-/m0/s1. The van der Waals surface area contributed by atoms with Crippen LogP contribution in [0.15, 0.2) is 12.1 Å². The first-order valence-electron chi connectivity index (χ1n) is 4.42. The Balaban J connectivity index is 2.57. The number of rotatable bonds is 1. The molecular formula is C10H12FNOS. The minimum absolute atomic E-state index is 0.209. The summed E-state index contributed by atoms with van der Waals surface area (Å²) in [6.07, 6.45) is 0. The first-order chi connectivity index (χ1) is 6.74. The fourth-order valence-corrected chi connectivity index (χ4v) is 2.77. The summed E-state index contributed by atoms with van der Waals surface area (Å²) in [5, 5.41) is 0. The summed E-state index contributed by atoms with van der Waals surface area (Å²) in [5.41, 5.74) is 7.40. The van der Waals surface area contributed by atoms with Crippen molar-refractivity contribution in [2.24, 2.45) is 5.73 Å². The van der Waals surface area contributed by atoms with Gasteiger partial charge in [-0.15, -0.1) is 0 Å². The Morgan fingerprint density at radius 3 is 3.07 bits per heavy atom. The van der Waals surface area contributed by atoms with Gasteiger partial charge in [0.25, 0.3) is 0 Å². The van der Waals surface area contributed by atoms with Crippen LogP contribution in [0.5, 0.6) is 5.75 Å². The van der Waals surface area contributed by atoms with Crippen molar-refractivity contribution in [3.05, 3.63) is 29.1 Å². The van der Waals surface area contributed by atoms with Crippen LogP contribution < -0.4 is 10.5 Å². The largest absolute Gasteiger partial charge is 0.496 e. The van der Waals surface area contributed by atoms with Crippen molar-refractivity contribution in [3.63, 3.8) is 0 Å². The lowest BCUT2D eigenvalue weighted by atomic mass is 10.0. The molecule has 1 aliphatic rings. The van der Waals surface area contributed by atoms with Gasteiger partial charge in [-0.25, -0.2) is 4.39 Å². The molecule has 0 unspecified atom stereocenters. The van der Waals surface area contributed by atoms with Gasteiger partial charge in [-0.1, -0.05) is 0 Å². The minimum Gasteiger partial charge on any atom is -0.496 e. The molecule has 0 spiro atoms. The smallest absolute Gasteiger partial charge is 0.128 e. The molecule has 0 aromatic heterocycles. The van der Waals surface area contributed by atoms with Crippen LogP contribution in [-0.4, -0.2) is 12.9 Å². The van der Waals surface area contributed by atoms with E-state index >= 15 is 0 Å². The second-order valence-electron chi connectivity index (χ2n) is 3.26. The SMILES string of the molecule is COc1ccc(F)c2c1CSC[C@@H]2N. The summed E-state index contributed by atoms with van der Waals surface area (Å²) in [7, 11) is 1.60. The maximum atomic E-state index is 13.5. The molecule has 1 atom stereocenters. The zero-order valence-electron chi connectivity index (χ0n) is 7.92. The lowest BCUT2D eigenvalue weighted by Crippen LogP contribution is -2.21. The number of benzene rings is 1. The fraction of sp³-hybridized carbons (Fsp3) is 0.400. The number of hydrogen-bond acceptors (Lipinski definition) is 3. The molecule has 0 saturated carbocycles. The highest BCUT2D eigenvalue weighted by Gasteiger charge is 2.23. The highest BCUT2D eigenvalue weighted by atomic mass is 32.2. The summed E-state index contributed by atoms with van der Waals surface area (Å²) in [6.45, 7) is 0. The molecule has 0 radical (unpaired) electrons. The third kappa shape index (κ3) is 1.48. The van der Waals surface area contributed by atoms with E-state index in [1.54, 1.807) is 24.9 Å². The van der Waals surface area contributed by atoms with Crippen molar-refractivity contribution in [1.29, 1.82) is 0 Å². The minimum atomic E-state index is -0.214. The van der Waals surface area contributed by atoms with Crippen molar-refractivity contribution >= 4 is 11.8 Å². The average Bonchev–Trinajstić information content (AvgIpc) is 2.18. The molecule has 0 fully saturated rings. The quantitative estimate of drug-likeness (QED) is 0.775. The van der Waals surface area contributed by atoms with E-state index in [9.17, 15) is 4.39 Å². The number of ether oxygens (including phenoxy) is 1. The van der Waals surface area contributed by atoms with Gasteiger partial charge in [0.2, 0.25) is 0 Å². The van der Waals surface area contributed by atoms with E-state index in [4.69, 9.17) is 10.5 Å². The fourth-order valence-electron chi connectivity index (χ4n) is 1.73. The van der Waals surface area contributed by atoms with Crippen LogP contribution in [0.2, 0.25) is 0 Å². The second kappa shape index (κ2) is 3.79. The summed E-state index contributed by atoms with van der Waals surface area (Å²) in [5.74, 6) is 2.08. The predicted octanol–water partition coefficient (Wildman–Crippen LogP) is 2.08.